The first-order valence-electron chi connectivity index (χ1n) is 5.61. The maximum Gasteiger partial charge on any atom is 0.321 e. The van der Waals surface area contributed by atoms with E-state index in [-0.39, 0.29) is 5.78 Å². The topological polar surface area (TPSA) is 43.4 Å². The molecule has 1 aliphatic rings. The van der Waals surface area contributed by atoms with Gasteiger partial charge in [-0.2, -0.15) is 0 Å². The Morgan fingerprint density at radius 1 is 1.47 bits per heavy atom. The van der Waals surface area contributed by atoms with Crippen molar-refractivity contribution in [2.45, 2.75) is 25.7 Å². The number of aryl methyl sites for hydroxylation is 1. The van der Waals surface area contributed by atoms with Crippen LogP contribution >= 0.6 is 15.9 Å². The van der Waals surface area contributed by atoms with Crippen LogP contribution in [-0.2, 0) is 20.7 Å². The second kappa shape index (κ2) is 5.00. The van der Waals surface area contributed by atoms with E-state index in [1.54, 1.807) is 6.92 Å². The highest BCUT2D eigenvalue weighted by Gasteiger charge is 2.34. The molecule has 1 aliphatic carbocycles. The normalized spacial score (nSPS) is 18.7. The van der Waals surface area contributed by atoms with Gasteiger partial charge in [0, 0.05) is 10.9 Å². The van der Waals surface area contributed by atoms with Crippen LogP contribution in [0.25, 0.3) is 0 Å². The summed E-state index contributed by atoms with van der Waals surface area (Å²) in [6.07, 6.45) is 1.11. The third kappa shape index (κ3) is 2.41. The minimum absolute atomic E-state index is 0.0433. The van der Waals surface area contributed by atoms with E-state index >= 15 is 0 Å². The molecule has 90 valence electrons. The van der Waals surface area contributed by atoms with Gasteiger partial charge < -0.3 is 4.74 Å². The summed E-state index contributed by atoms with van der Waals surface area (Å²) in [6, 6.07) is 5.65. The predicted octanol–water partition coefficient (Wildman–Crippen LogP) is 2.61. The highest BCUT2D eigenvalue weighted by molar-refractivity contribution is 9.10. The van der Waals surface area contributed by atoms with Crippen molar-refractivity contribution in [2.75, 3.05) is 6.61 Å². The van der Waals surface area contributed by atoms with Gasteiger partial charge in [0.05, 0.1) is 6.61 Å². The van der Waals surface area contributed by atoms with E-state index in [4.69, 9.17) is 4.74 Å². The van der Waals surface area contributed by atoms with E-state index < -0.39 is 11.9 Å². The second-order valence-electron chi connectivity index (χ2n) is 3.99. The Morgan fingerprint density at radius 3 is 2.94 bits per heavy atom. The fraction of sp³-hybridized carbons (Fsp3) is 0.385. The Bertz CT molecular complexity index is 468. The van der Waals surface area contributed by atoms with E-state index in [0.29, 0.717) is 19.4 Å². The first-order valence-corrected chi connectivity index (χ1v) is 6.40. The molecule has 0 spiro atoms. The Morgan fingerprint density at radius 2 is 2.24 bits per heavy atom. The standard InChI is InChI=1S/C13H13BrO3/c1-2-17-13(16)12-10-5-4-9(14)7-8(10)3-6-11(12)15/h4-5,7,12H,2-3,6H2,1H3. The van der Waals surface area contributed by atoms with Crippen LogP contribution in [0.2, 0.25) is 0 Å². The highest BCUT2D eigenvalue weighted by Crippen LogP contribution is 2.31. The average molecular weight is 297 g/mol. The first kappa shape index (κ1) is 12.3. The molecule has 0 saturated carbocycles. The van der Waals surface area contributed by atoms with Crippen LogP contribution in [0.3, 0.4) is 0 Å². The van der Waals surface area contributed by atoms with Crippen molar-refractivity contribution in [3.8, 4) is 0 Å². The number of hydrogen-bond donors (Lipinski definition) is 0. The molecular formula is C13H13BrO3. The molecule has 0 amide bonds. The molecule has 2 rings (SSSR count). The van der Waals surface area contributed by atoms with Gasteiger partial charge in [-0.15, -0.1) is 0 Å². The number of halogens is 1. The summed E-state index contributed by atoms with van der Waals surface area (Å²) < 4.78 is 5.93. The van der Waals surface area contributed by atoms with Gasteiger partial charge in [0.15, 0.2) is 5.78 Å². The van der Waals surface area contributed by atoms with E-state index in [2.05, 4.69) is 15.9 Å². The zero-order chi connectivity index (χ0) is 12.4. The molecule has 0 aromatic heterocycles. The number of benzene rings is 1. The van der Waals surface area contributed by atoms with Crippen LogP contribution in [0, 0.1) is 0 Å². The van der Waals surface area contributed by atoms with Gasteiger partial charge in [-0.05, 0) is 36.6 Å². The van der Waals surface area contributed by atoms with Crippen molar-refractivity contribution in [2.24, 2.45) is 0 Å². The number of ketones is 1. The van der Waals surface area contributed by atoms with Crippen LogP contribution in [0.4, 0.5) is 0 Å². The predicted molar refractivity (Wildman–Crippen MR) is 66.8 cm³/mol. The number of Topliss-reactive ketones (excluding diaryl/α,β-unsaturated/α-hetero) is 1. The number of fused-ring (bicyclic) bond motifs is 1. The fourth-order valence-electron chi connectivity index (χ4n) is 2.13. The van der Waals surface area contributed by atoms with E-state index in [1.807, 2.05) is 18.2 Å². The van der Waals surface area contributed by atoms with Gasteiger partial charge in [-0.3, -0.25) is 9.59 Å². The molecule has 3 nitrogen and oxygen atoms in total. The maximum atomic E-state index is 11.8. The van der Waals surface area contributed by atoms with E-state index in [0.717, 1.165) is 15.6 Å². The van der Waals surface area contributed by atoms with Gasteiger partial charge in [0.25, 0.3) is 0 Å². The molecule has 0 N–H and O–H groups in total. The molecule has 1 aromatic carbocycles. The van der Waals surface area contributed by atoms with Crippen molar-refractivity contribution in [3.63, 3.8) is 0 Å². The highest BCUT2D eigenvalue weighted by atomic mass is 79.9. The zero-order valence-corrected chi connectivity index (χ0v) is 11.1. The molecule has 0 saturated heterocycles. The quantitative estimate of drug-likeness (QED) is 0.622. The minimum Gasteiger partial charge on any atom is -0.465 e. The van der Waals surface area contributed by atoms with Crippen molar-refractivity contribution in [1.29, 1.82) is 0 Å². The molecule has 17 heavy (non-hydrogen) atoms. The SMILES string of the molecule is CCOC(=O)C1C(=O)CCc2cc(Br)ccc21. The summed E-state index contributed by atoms with van der Waals surface area (Å²) >= 11 is 3.39. The Hall–Kier alpha value is -1.16. The Balaban J connectivity index is 2.40. The molecule has 0 bridgehead atoms. The minimum atomic E-state index is -0.730. The lowest BCUT2D eigenvalue weighted by Gasteiger charge is -2.23. The zero-order valence-electron chi connectivity index (χ0n) is 9.53. The number of ether oxygens (including phenoxy) is 1. The van der Waals surface area contributed by atoms with E-state index in [9.17, 15) is 9.59 Å². The molecule has 0 radical (unpaired) electrons. The van der Waals surface area contributed by atoms with Gasteiger partial charge in [0.2, 0.25) is 0 Å². The van der Waals surface area contributed by atoms with Gasteiger partial charge >= 0.3 is 5.97 Å². The smallest absolute Gasteiger partial charge is 0.321 e. The van der Waals surface area contributed by atoms with Crippen LogP contribution in [-0.4, -0.2) is 18.4 Å². The van der Waals surface area contributed by atoms with Crippen molar-refractivity contribution < 1.29 is 14.3 Å². The summed E-state index contributed by atoms with van der Waals surface area (Å²) in [5.41, 5.74) is 1.85. The maximum absolute atomic E-state index is 11.8. The van der Waals surface area contributed by atoms with Crippen molar-refractivity contribution >= 4 is 27.7 Å². The largest absolute Gasteiger partial charge is 0.465 e. The lowest BCUT2D eigenvalue weighted by Crippen LogP contribution is -2.28. The Labute approximate surface area is 108 Å². The van der Waals surface area contributed by atoms with Crippen LogP contribution in [0.1, 0.15) is 30.4 Å². The van der Waals surface area contributed by atoms with Crippen LogP contribution in [0.5, 0.6) is 0 Å². The number of rotatable bonds is 2. The number of carbonyl (C=O) groups is 2. The molecule has 4 heteroatoms. The van der Waals surface area contributed by atoms with Crippen LogP contribution < -0.4 is 0 Å². The second-order valence-corrected chi connectivity index (χ2v) is 4.91. The molecule has 1 atom stereocenters. The molecule has 1 aromatic rings. The molecule has 0 heterocycles. The number of carbonyl (C=O) groups excluding carboxylic acids is 2. The third-order valence-corrected chi connectivity index (χ3v) is 3.39. The summed E-state index contributed by atoms with van der Waals surface area (Å²) in [7, 11) is 0. The van der Waals surface area contributed by atoms with Crippen LogP contribution in [0.15, 0.2) is 22.7 Å². The van der Waals surface area contributed by atoms with E-state index in [1.165, 1.54) is 0 Å². The average Bonchev–Trinajstić information content (AvgIpc) is 2.29. The van der Waals surface area contributed by atoms with Gasteiger partial charge in [-0.25, -0.2) is 0 Å². The molecule has 1 unspecified atom stereocenters. The third-order valence-electron chi connectivity index (χ3n) is 2.90. The summed E-state index contributed by atoms with van der Waals surface area (Å²) in [6.45, 7) is 2.04. The lowest BCUT2D eigenvalue weighted by atomic mass is 9.82. The first-order chi connectivity index (χ1) is 8.13. The molecular weight excluding hydrogens is 284 g/mol. The monoisotopic (exact) mass is 296 g/mol. The van der Waals surface area contributed by atoms with Gasteiger partial charge in [-0.1, -0.05) is 22.0 Å². The fourth-order valence-corrected chi connectivity index (χ4v) is 2.54. The number of esters is 1. The van der Waals surface area contributed by atoms with Crippen molar-refractivity contribution in [3.05, 3.63) is 33.8 Å². The summed E-state index contributed by atoms with van der Waals surface area (Å²) in [5.74, 6) is -1.20. The molecule has 0 aliphatic heterocycles. The van der Waals surface area contributed by atoms with Gasteiger partial charge in [0.1, 0.15) is 5.92 Å². The Kier molecular flexibility index (Phi) is 3.62. The summed E-state index contributed by atoms with van der Waals surface area (Å²) in [4.78, 5) is 23.6. The molecule has 0 fully saturated rings. The number of hydrogen-bond acceptors (Lipinski definition) is 3. The van der Waals surface area contributed by atoms with Crippen molar-refractivity contribution in [1.82, 2.24) is 0 Å². The summed E-state index contributed by atoms with van der Waals surface area (Å²) in [5, 5.41) is 0. The lowest BCUT2D eigenvalue weighted by molar-refractivity contribution is -0.148.